The summed E-state index contributed by atoms with van der Waals surface area (Å²) in [6.45, 7) is 3.60. The van der Waals surface area contributed by atoms with Gasteiger partial charge in [0.15, 0.2) is 0 Å². The Kier molecular flexibility index (Phi) is 2.91. The highest BCUT2D eigenvalue weighted by atomic mass is 35.5. The highest BCUT2D eigenvalue weighted by Gasteiger charge is 2.00. The van der Waals surface area contributed by atoms with Gasteiger partial charge in [0.1, 0.15) is 0 Å². The summed E-state index contributed by atoms with van der Waals surface area (Å²) in [4.78, 5) is 4.21. The van der Waals surface area contributed by atoms with Crippen LogP contribution in [0, 0.1) is 0 Å². The first-order chi connectivity index (χ1) is 5.22. The Labute approximate surface area is 74.7 Å². The second-order valence-electron chi connectivity index (χ2n) is 2.20. The molecule has 2 nitrogen and oxygen atoms in total. The van der Waals surface area contributed by atoms with E-state index in [-0.39, 0.29) is 0 Å². The molecule has 0 bridgehead atoms. The van der Waals surface area contributed by atoms with E-state index >= 15 is 0 Å². The van der Waals surface area contributed by atoms with Crippen LogP contribution in [-0.4, -0.2) is 4.98 Å². The predicted molar refractivity (Wildman–Crippen MR) is 48.7 cm³/mol. The highest BCUT2D eigenvalue weighted by Crippen LogP contribution is 2.13. The van der Waals surface area contributed by atoms with Crippen LogP contribution < -0.4 is 5.73 Å². The van der Waals surface area contributed by atoms with Crippen molar-refractivity contribution in [3.8, 4) is 0 Å². The molecule has 11 heavy (non-hydrogen) atoms. The van der Waals surface area contributed by atoms with Crippen molar-refractivity contribution in [1.29, 1.82) is 0 Å². The fraction of sp³-hybridized carbons (Fsp3) is 0.286. The van der Waals surface area contributed by atoms with Crippen LogP contribution in [0.3, 0.4) is 0 Å². The number of allylic oxidation sites excluding steroid dienone is 1. The minimum Gasteiger partial charge on any atom is -0.402 e. The summed E-state index contributed by atoms with van der Waals surface area (Å²) >= 11 is 7.13. The molecule has 0 saturated heterocycles. The standard InChI is InChI=1S/C7H9ClN2S/c1-5(9)2-7-10-6(3-8)4-11-7/h4H,1-3,9H2. The number of halogens is 1. The van der Waals surface area contributed by atoms with E-state index in [0.29, 0.717) is 18.0 Å². The van der Waals surface area contributed by atoms with Gasteiger partial charge in [0, 0.05) is 17.5 Å². The zero-order valence-corrected chi connectivity index (χ0v) is 7.58. The number of nitrogens with two attached hydrogens (primary N) is 1. The SMILES string of the molecule is C=C(N)Cc1nc(CCl)cs1. The molecular formula is C7H9ClN2S. The number of hydrogen-bond acceptors (Lipinski definition) is 3. The molecule has 2 N–H and O–H groups in total. The number of nitrogens with zero attached hydrogens (tertiary/aromatic N) is 1. The molecule has 0 radical (unpaired) electrons. The quantitative estimate of drug-likeness (QED) is 0.736. The van der Waals surface area contributed by atoms with Crippen molar-refractivity contribution in [2.75, 3.05) is 0 Å². The molecule has 1 rings (SSSR count). The van der Waals surface area contributed by atoms with Gasteiger partial charge in [-0.15, -0.1) is 22.9 Å². The monoisotopic (exact) mass is 188 g/mol. The summed E-state index contributed by atoms with van der Waals surface area (Å²) < 4.78 is 0. The molecule has 0 unspecified atom stereocenters. The van der Waals surface area contributed by atoms with E-state index in [1.54, 1.807) is 11.3 Å². The van der Waals surface area contributed by atoms with E-state index < -0.39 is 0 Å². The van der Waals surface area contributed by atoms with Crippen LogP contribution in [0.15, 0.2) is 17.7 Å². The maximum atomic E-state index is 5.57. The van der Waals surface area contributed by atoms with Crippen LogP contribution in [-0.2, 0) is 12.3 Å². The van der Waals surface area contributed by atoms with E-state index in [9.17, 15) is 0 Å². The Bertz CT molecular complexity index is 257. The van der Waals surface area contributed by atoms with Crippen LogP contribution in [0.4, 0.5) is 0 Å². The first kappa shape index (κ1) is 8.56. The lowest BCUT2D eigenvalue weighted by molar-refractivity contribution is 1.06. The topological polar surface area (TPSA) is 38.9 Å². The minimum absolute atomic E-state index is 0.466. The number of rotatable bonds is 3. The van der Waals surface area contributed by atoms with Gasteiger partial charge in [0.25, 0.3) is 0 Å². The zero-order chi connectivity index (χ0) is 8.27. The van der Waals surface area contributed by atoms with E-state index in [4.69, 9.17) is 17.3 Å². The van der Waals surface area contributed by atoms with Crippen LogP contribution >= 0.6 is 22.9 Å². The van der Waals surface area contributed by atoms with Crippen molar-refractivity contribution in [3.05, 3.63) is 28.4 Å². The average molecular weight is 189 g/mol. The van der Waals surface area contributed by atoms with Crippen LogP contribution in [0.5, 0.6) is 0 Å². The van der Waals surface area contributed by atoms with Crippen molar-refractivity contribution in [3.63, 3.8) is 0 Å². The first-order valence-electron chi connectivity index (χ1n) is 3.15. The highest BCUT2D eigenvalue weighted by molar-refractivity contribution is 7.09. The molecule has 0 aliphatic rings. The summed E-state index contributed by atoms with van der Waals surface area (Å²) in [5, 5.41) is 2.92. The summed E-state index contributed by atoms with van der Waals surface area (Å²) in [5.41, 5.74) is 6.96. The third kappa shape index (κ3) is 2.52. The Morgan fingerprint density at radius 2 is 2.55 bits per heavy atom. The Morgan fingerprint density at radius 3 is 3.00 bits per heavy atom. The summed E-state index contributed by atoms with van der Waals surface area (Å²) in [5.74, 6) is 0.466. The van der Waals surface area contributed by atoms with Gasteiger partial charge in [-0.05, 0) is 0 Å². The first-order valence-corrected chi connectivity index (χ1v) is 4.56. The second kappa shape index (κ2) is 3.74. The molecule has 0 aliphatic carbocycles. The normalized spacial score (nSPS) is 9.91. The molecule has 60 valence electrons. The molecule has 0 aliphatic heterocycles. The van der Waals surface area contributed by atoms with Gasteiger partial charge >= 0.3 is 0 Å². The van der Waals surface area contributed by atoms with Crippen molar-refractivity contribution in [2.24, 2.45) is 5.73 Å². The summed E-state index contributed by atoms with van der Waals surface area (Å²) in [6.07, 6.45) is 0.654. The van der Waals surface area contributed by atoms with Crippen molar-refractivity contribution in [1.82, 2.24) is 4.98 Å². The van der Waals surface area contributed by atoms with Crippen LogP contribution in [0.25, 0.3) is 0 Å². The fourth-order valence-corrected chi connectivity index (χ4v) is 1.76. The third-order valence-corrected chi connectivity index (χ3v) is 2.29. The van der Waals surface area contributed by atoms with E-state index in [1.807, 2.05) is 5.38 Å². The van der Waals surface area contributed by atoms with E-state index in [2.05, 4.69) is 11.6 Å². The molecule has 0 amide bonds. The fourth-order valence-electron chi connectivity index (χ4n) is 0.686. The van der Waals surface area contributed by atoms with Crippen molar-refractivity contribution < 1.29 is 0 Å². The lowest BCUT2D eigenvalue weighted by Crippen LogP contribution is -1.98. The van der Waals surface area contributed by atoms with Gasteiger partial charge in [-0.2, -0.15) is 0 Å². The largest absolute Gasteiger partial charge is 0.402 e. The van der Waals surface area contributed by atoms with Crippen molar-refractivity contribution in [2.45, 2.75) is 12.3 Å². The third-order valence-electron chi connectivity index (χ3n) is 1.11. The van der Waals surface area contributed by atoms with Gasteiger partial charge in [0.2, 0.25) is 0 Å². The van der Waals surface area contributed by atoms with Gasteiger partial charge in [0.05, 0.1) is 16.6 Å². The molecule has 4 heteroatoms. The molecule has 1 aromatic rings. The van der Waals surface area contributed by atoms with E-state index in [0.717, 1.165) is 10.7 Å². The van der Waals surface area contributed by atoms with Gasteiger partial charge < -0.3 is 5.73 Å². The lowest BCUT2D eigenvalue weighted by Gasteiger charge is -1.91. The maximum Gasteiger partial charge on any atom is 0.0987 e. The van der Waals surface area contributed by atoms with Gasteiger partial charge in [-0.1, -0.05) is 6.58 Å². The number of thiazole rings is 1. The average Bonchev–Trinajstić information content (AvgIpc) is 2.34. The van der Waals surface area contributed by atoms with Crippen molar-refractivity contribution >= 4 is 22.9 Å². The molecule has 1 aromatic heterocycles. The number of alkyl halides is 1. The zero-order valence-electron chi connectivity index (χ0n) is 6.01. The molecule has 0 aromatic carbocycles. The Hall–Kier alpha value is -0.540. The summed E-state index contributed by atoms with van der Waals surface area (Å²) in [7, 11) is 0. The van der Waals surface area contributed by atoms with Crippen LogP contribution in [0.2, 0.25) is 0 Å². The number of hydrogen-bond donors (Lipinski definition) is 1. The second-order valence-corrected chi connectivity index (χ2v) is 3.41. The molecular weight excluding hydrogens is 180 g/mol. The lowest BCUT2D eigenvalue weighted by atomic mass is 10.4. The van der Waals surface area contributed by atoms with Gasteiger partial charge in [-0.3, -0.25) is 0 Å². The molecule has 0 spiro atoms. The minimum atomic E-state index is 0.466. The summed E-state index contributed by atoms with van der Waals surface area (Å²) in [6, 6.07) is 0. The number of aromatic nitrogens is 1. The van der Waals surface area contributed by atoms with Gasteiger partial charge in [-0.25, -0.2) is 4.98 Å². The smallest absolute Gasteiger partial charge is 0.0987 e. The predicted octanol–water partition coefficient (Wildman–Crippen LogP) is 1.90. The Morgan fingerprint density at radius 1 is 1.82 bits per heavy atom. The molecule has 0 fully saturated rings. The Balaban J connectivity index is 2.65. The maximum absolute atomic E-state index is 5.57. The van der Waals surface area contributed by atoms with E-state index in [1.165, 1.54) is 0 Å². The molecule has 0 saturated carbocycles. The molecule has 0 atom stereocenters. The molecule has 1 heterocycles. The van der Waals surface area contributed by atoms with Crippen LogP contribution in [0.1, 0.15) is 10.7 Å².